The molecule has 1 fully saturated rings. The Bertz CT molecular complexity index is 859. The van der Waals surface area contributed by atoms with Crippen LogP contribution in [0.5, 0.6) is 0 Å². The van der Waals surface area contributed by atoms with Crippen LogP contribution in [0.1, 0.15) is 25.3 Å². The maximum atomic E-state index is 13.0. The molecule has 0 aromatic heterocycles. The van der Waals surface area contributed by atoms with Crippen LogP contribution in [-0.2, 0) is 25.7 Å². The van der Waals surface area contributed by atoms with Gasteiger partial charge >= 0.3 is 0 Å². The number of benzene rings is 1. The summed E-state index contributed by atoms with van der Waals surface area (Å²) in [5.41, 5.74) is 7.12. The number of hydrogen-bond donors (Lipinski definition) is 5. The number of hydrogen-bond acceptors (Lipinski definition) is 6. The van der Waals surface area contributed by atoms with Gasteiger partial charge in [-0.05, 0) is 50.6 Å². The summed E-state index contributed by atoms with van der Waals surface area (Å²) in [4.78, 5) is 50.9. The molecule has 0 spiro atoms. The first-order chi connectivity index (χ1) is 15.3. The van der Waals surface area contributed by atoms with Gasteiger partial charge in [-0.25, -0.2) is 0 Å². The number of carbonyl (C=O) groups is 4. The molecule has 0 aliphatic carbocycles. The highest BCUT2D eigenvalue weighted by Crippen LogP contribution is 2.19. The van der Waals surface area contributed by atoms with Crippen LogP contribution >= 0.6 is 0 Å². The van der Waals surface area contributed by atoms with Crippen molar-refractivity contribution >= 4 is 29.3 Å². The SMILES string of the molecule is C=CC(=O)Nc1cccc(CNC(=O)C2CCCN2C(=O)C(CN)NC(=O)C(C)NC)c1. The molecule has 32 heavy (non-hydrogen) atoms. The van der Waals surface area contributed by atoms with Gasteiger partial charge in [0.05, 0.1) is 6.04 Å². The molecule has 1 aromatic carbocycles. The lowest BCUT2D eigenvalue weighted by molar-refractivity contribution is -0.141. The number of amides is 4. The van der Waals surface area contributed by atoms with E-state index in [4.69, 9.17) is 5.73 Å². The average Bonchev–Trinajstić information content (AvgIpc) is 3.30. The Labute approximate surface area is 188 Å². The van der Waals surface area contributed by atoms with E-state index >= 15 is 0 Å². The van der Waals surface area contributed by atoms with Gasteiger partial charge in [-0.3, -0.25) is 19.2 Å². The molecule has 1 heterocycles. The summed E-state index contributed by atoms with van der Waals surface area (Å²) < 4.78 is 0. The first kappa shape index (κ1) is 25.0. The molecule has 1 aliphatic heterocycles. The lowest BCUT2D eigenvalue weighted by Crippen LogP contribution is -2.57. The minimum absolute atomic E-state index is 0.0604. The lowest BCUT2D eigenvalue weighted by Gasteiger charge is -2.28. The molecule has 0 saturated carbocycles. The number of rotatable bonds is 10. The van der Waals surface area contributed by atoms with Crippen LogP contribution < -0.4 is 27.0 Å². The molecule has 10 heteroatoms. The number of nitrogens with zero attached hydrogens (tertiary/aromatic N) is 1. The molecule has 4 amide bonds. The fraction of sp³-hybridized carbons (Fsp3) is 0.455. The van der Waals surface area contributed by atoms with E-state index in [-0.39, 0.29) is 36.7 Å². The minimum Gasteiger partial charge on any atom is -0.350 e. The summed E-state index contributed by atoms with van der Waals surface area (Å²) in [6.07, 6.45) is 2.40. The molecular formula is C22H32N6O4. The van der Waals surface area contributed by atoms with E-state index in [1.54, 1.807) is 32.2 Å². The largest absolute Gasteiger partial charge is 0.350 e. The van der Waals surface area contributed by atoms with Crippen molar-refractivity contribution in [1.82, 2.24) is 20.9 Å². The van der Waals surface area contributed by atoms with Crippen molar-refractivity contribution in [2.75, 3.05) is 25.5 Å². The Balaban J connectivity index is 1.98. The zero-order valence-corrected chi connectivity index (χ0v) is 18.5. The standard InChI is InChI=1S/C22H32N6O4/c1-4-19(29)26-16-8-5-7-15(11-16)13-25-21(31)18-9-6-10-28(18)22(32)17(12-23)27-20(30)14(2)24-3/h4-5,7-8,11,14,17-18,24H,1,6,9-10,12-13,23H2,2-3H3,(H,25,31)(H,26,29)(H,27,30). The first-order valence-corrected chi connectivity index (χ1v) is 10.6. The summed E-state index contributed by atoms with van der Waals surface area (Å²) in [6.45, 7) is 5.70. The Morgan fingerprint density at radius 2 is 2.06 bits per heavy atom. The first-order valence-electron chi connectivity index (χ1n) is 10.6. The van der Waals surface area contributed by atoms with Crippen LogP contribution in [0, 0.1) is 0 Å². The second-order valence-electron chi connectivity index (χ2n) is 7.61. The van der Waals surface area contributed by atoms with Crippen LogP contribution in [0.15, 0.2) is 36.9 Å². The Morgan fingerprint density at radius 1 is 1.31 bits per heavy atom. The monoisotopic (exact) mass is 444 g/mol. The summed E-state index contributed by atoms with van der Waals surface area (Å²) in [7, 11) is 1.65. The van der Waals surface area contributed by atoms with Crippen LogP contribution in [0.25, 0.3) is 0 Å². The molecule has 1 saturated heterocycles. The van der Waals surface area contributed by atoms with Crippen LogP contribution in [0.4, 0.5) is 5.69 Å². The van der Waals surface area contributed by atoms with E-state index in [2.05, 4.69) is 27.8 Å². The normalized spacial score (nSPS) is 17.2. The molecule has 6 N–H and O–H groups in total. The van der Waals surface area contributed by atoms with Crippen molar-refractivity contribution in [2.45, 2.75) is 44.4 Å². The number of nitrogens with one attached hydrogen (secondary N) is 4. The summed E-state index contributed by atoms with van der Waals surface area (Å²) in [5, 5.41) is 11.0. The minimum atomic E-state index is -0.892. The third-order valence-electron chi connectivity index (χ3n) is 5.36. The zero-order chi connectivity index (χ0) is 23.7. The third-order valence-corrected chi connectivity index (χ3v) is 5.36. The maximum absolute atomic E-state index is 13.0. The van der Waals surface area contributed by atoms with Crippen LogP contribution in [0.2, 0.25) is 0 Å². The highest BCUT2D eigenvalue weighted by molar-refractivity contribution is 5.99. The van der Waals surface area contributed by atoms with E-state index in [1.807, 2.05) is 6.07 Å². The van der Waals surface area contributed by atoms with Gasteiger partial charge < -0.3 is 31.9 Å². The summed E-state index contributed by atoms with van der Waals surface area (Å²) >= 11 is 0. The van der Waals surface area contributed by atoms with Crippen LogP contribution in [0.3, 0.4) is 0 Å². The summed E-state index contributed by atoms with van der Waals surface area (Å²) in [6, 6.07) is 5.09. The molecule has 0 radical (unpaired) electrons. The molecule has 3 atom stereocenters. The second kappa shape index (κ2) is 12.0. The van der Waals surface area contributed by atoms with Crippen molar-refractivity contribution in [1.29, 1.82) is 0 Å². The highest BCUT2D eigenvalue weighted by atomic mass is 16.2. The van der Waals surface area contributed by atoms with Gasteiger partial charge in [0.15, 0.2) is 0 Å². The number of likely N-dealkylation sites (tertiary alicyclic amines) is 1. The third kappa shape index (κ3) is 6.63. The van der Waals surface area contributed by atoms with E-state index in [1.165, 1.54) is 11.0 Å². The maximum Gasteiger partial charge on any atom is 0.247 e. The van der Waals surface area contributed by atoms with Crippen molar-refractivity contribution in [3.05, 3.63) is 42.5 Å². The number of likely N-dealkylation sites (N-methyl/N-ethyl adjacent to an activating group) is 1. The van der Waals surface area contributed by atoms with Crippen molar-refractivity contribution in [3.8, 4) is 0 Å². The van der Waals surface area contributed by atoms with Gasteiger partial charge in [-0.15, -0.1) is 0 Å². The Kier molecular flexibility index (Phi) is 9.36. The van der Waals surface area contributed by atoms with Gasteiger partial charge in [0, 0.05) is 25.3 Å². The van der Waals surface area contributed by atoms with E-state index < -0.39 is 18.1 Å². The topological polar surface area (TPSA) is 146 Å². The van der Waals surface area contributed by atoms with Crippen LogP contribution in [-0.4, -0.2) is 66.8 Å². The molecule has 1 aromatic rings. The molecule has 174 valence electrons. The van der Waals surface area contributed by atoms with E-state index in [9.17, 15) is 19.2 Å². The Morgan fingerprint density at radius 3 is 2.72 bits per heavy atom. The zero-order valence-electron chi connectivity index (χ0n) is 18.5. The number of carbonyl (C=O) groups excluding carboxylic acids is 4. The summed E-state index contributed by atoms with van der Waals surface area (Å²) in [5.74, 6) is -1.30. The highest BCUT2D eigenvalue weighted by Gasteiger charge is 2.37. The van der Waals surface area contributed by atoms with Crippen molar-refractivity contribution in [3.63, 3.8) is 0 Å². The smallest absolute Gasteiger partial charge is 0.247 e. The van der Waals surface area contributed by atoms with E-state index in [0.717, 1.165) is 5.56 Å². The Hall–Kier alpha value is -3.24. The van der Waals surface area contributed by atoms with Gasteiger partial charge in [-0.2, -0.15) is 0 Å². The van der Waals surface area contributed by atoms with Gasteiger partial charge in [-0.1, -0.05) is 18.7 Å². The second-order valence-corrected chi connectivity index (χ2v) is 7.61. The molecule has 2 rings (SSSR count). The fourth-order valence-electron chi connectivity index (χ4n) is 3.41. The quantitative estimate of drug-likeness (QED) is 0.307. The van der Waals surface area contributed by atoms with Gasteiger partial charge in [0.25, 0.3) is 0 Å². The predicted octanol–water partition coefficient (Wildman–Crippen LogP) is -0.530. The predicted molar refractivity (Wildman–Crippen MR) is 121 cm³/mol. The van der Waals surface area contributed by atoms with Gasteiger partial charge in [0.2, 0.25) is 23.6 Å². The van der Waals surface area contributed by atoms with Crippen molar-refractivity contribution in [2.24, 2.45) is 5.73 Å². The molecule has 1 aliphatic rings. The molecule has 0 bridgehead atoms. The number of anilines is 1. The lowest BCUT2D eigenvalue weighted by atomic mass is 10.1. The average molecular weight is 445 g/mol. The molecule has 10 nitrogen and oxygen atoms in total. The van der Waals surface area contributed by atoms with Crippen molar-refractivity contribution < 1.29 is 19.2 Å². The molecular weight excluding hydrogens is 412 g/mol. The number of nitrogens with two attached hydrogens (primary N) is 1. The van der Waals surface area contributed by atoms with E-state index in [0.29, 0.717) is 25.1 Å². The molecule has 3 unspecified atom stereocenters. The fourth-order valence-corrected chi connectivity index (χ4v) is 3.41. The van der Waals surface area contributed by atoms with Gasteiger partial charge in [0.1, 0.15) is 12.1 Å².